The first-order valence-corrected chi connectivity index (χ1v) is 9.38. The van der Waals surface area contributed by atoms with Gasteiger partial charge in [0.25, 0.3) is 0 Å². The van der Waals surface area contributed by atoms with Crippen molar-refractivity contribution in [3.63, 3.8) is 0 Å². The van der Waals surface area contributed by atoms with Gasteiger partial charge in [-0.25, -0.2) is 0 Å². The minimum atomic E-state index is -0.131. The van der Waals surface area contributed by atoms with E-state index in [-0.39, 0.29) is 13.4 Å². The lowest BCUT2D eigenvalue weighted by Crippen LogP contribution is -2.02. The van der Waals surface area contributed by atoms with Gasteiger partial charge in [0.15, 0.2) is 11.5 Å². The Bertz CT molecular complexity index is 1150. The number of pyridine rings is 1. The van der Waals surface area contributed by atoms with Crippen molar-refractivity contribution in [2.45, 2.75) is 6.42 Å². The van der Waals surface area contributed by atoms with E-state index in [1.807, 2.05) is 42.5 Å². The quantitative estimate of drug-likeness (QED) is 0.627. The number of hydrogen-bond donors (Lipinski definition) is 1. The molecule has 0 saturated carbocycles. The Morgan fingerprint density at radius 2 is 1.90 bits per heavy atom. The summed E-state index contributed by atoms with van der Waals surface area (Å²) in [4.78, 5) is 4.59. The van der Waals surface area contributed by atoms with E-state index >= 15 is 0 Å². The standard InChI is InChI=1S/C24H20N2O4/c1-15(13-27)9-18-12-26-24(17-5-8-21-22(10-17)30-14-29-21)20(11-25)23(18)16-3-6-19(28-2)7-4-16/h3-8,10,12,27H,1,9,13-14H2,2H3. The molecule has 1 aliphatic heterocycles. The van der Waals surface area contributed by atoms with Crippen molar-refractivity contribution in [2.24, 2.45) is 0 Å². The molecule has 0 atom stereocenters. The van der Waals surface area contributed by atoms with Gasteiger partial charge in [0.05, 0.1) is 25.0 Å². The molecule has 1 N–H and O–H groups in total. The summed E-state index contributed by atoms with van der Waals surface area (Å²) in [7, 11) is 1.61. The van der Waals surface area contributed by atoms with Crippen LogP contribution in [-0.4, -0.2) is 30.6 Å². The number of rotatable bonds is 6. The predicted octanol–water partition coefficient (Wildman–Crippen LogP) is 4.12. The monoisotopic (exact) mass is 400 g/mol. The Hall–Kier alpha value is -3.82. The average molecular weight is 400 g/mol. The van der Waals surface area contributed by atoms with Crippen molar-refractivity contribution >= 4 is 0 Å². The Morgan fingerprint density at radius 1 is 1.17 bits per heavy atom. The van der Waals surface area contributed by atoms with Crippen LogP contribution in [0.25, 0.3) is 22.4 Å². The summed E-state index contributed by atoms with van der Waals surface area (Å²) in [5.41, 5.74) is 4.85. The molecule has 0 saturated heterocycles. The average Bonchev–Trinajstić information content (AvgIpc) is 3.26. The second-order valence-corrected chi connectivity index (χ2v) is 6.88. The highest BCUT2D eigenvalue weighted by Crippen LogP contribution is 2.39. The third-order valence-electron chi connectivity index (χ3n) is 4.96. The van der Waals surface area contributed by atoms with Gasteiger partial charge in [-0.15, -0.1) is 0 Å². The molecule has 0 spiro atoms. The van der Waals surface area contributed by atoms with Crippen LogP contribution in [0.1, 0.15) is 11.1 Å². The number of fused-ring (bicyclic) bond motifs is 1. The largest absolute Gasteiger partial charge is 0.497 e. The number of aromatic nitrogens is 1. The maximum Gasteiger partial charge on any atom is 0.231 e. The van der Waals surface area contributed by atoms with Gasteiger partial charge in [-0.3, -0.25) is 4.98 Å². The number of aliphatic hydroxyl groups excluding tert-OH is 1. The molecule has 6 heteroatoms. The molecule has 0 bridgehead atoms. The van der Waals surface area contributed by atoms with Gasteiger partial charge in [-0.2, -0.15) is 5.26 Å². The topological polar surface area (TPSA) is 84.6 Å². The van der Waals surface area contributed by atoms with Gasteiger partial charge < -0.3 is 19.3 Å². The van der Waals surface area contributed by atoms with E-state index in [9.17, 15) is 10.4 Å². The van der Waals surface area contributed by atoms with E-state index < -0.39 is 0 Å². The lowest BCUT2D eigenvalue weighted by atomic mass is 9.90. The van der Waals surface area contributed by atoms with Crippen LogP contribution >= 0.6 is 0 Å². The van der Waals surface area contributed by atoms with Crippen LogP contribution in [0.2, 0.25) is 0 Å². The summed E-state index contributed by atoms with van der Waals surface area (Å²) in [6.45, 7) is 3.94. The summed E-state index contributed by atoms with van der Waals surface area (Å²) < 4.78 is 16.1. The van der Waals surface area contributed by atoms with Crippen molar-refractivity contribution in [1.29, 1.82) is 5.26 Å². The summed E-state index contributed by atoms with van der Waals surface area (Å²) in [5.74, 6) is 2.02. The molecule has 0 fully saturated rings. The van der Waals surface area contributed by atoms with Crippen molar-refractivity contribution in [3.8, 4) is 45.7 Å². The second-order valence-electron chi connectivity index (χ2n) is 6.88. The molecule has 3 aromatic rings. The highest BCUT2D eigenvalue weighted by atomic mass is 16.7. The first kappa shape index (κ1) is 19.5. The van der Waals surface area contributed by atoms with Crippen LogP contribution in [0.15, 0.2) is 60.8 Å². The zero-order chi connectivity index (χ0) is 21.1. The van der Waals surface area contributed by atoms with E-state index in [1.165, 1.54) is 0 Å². The molecule has 0 unspecified atom stereocenters. The zero-order valence-corrected chi connectivity index (χ0v) is 16.5. The molecule has 2 aromatic carbocycles. The van der Waals surface area contributed by atoms with Gasteiger partial charge in [-0.1, -0.05) is 18.7 Å². The highest BCUT2D eigenvalue weighted by molar-refractivity contribution is 5.83. The Kier molecular flexibility index (Phi) is 5.38. The molecule has 0 amide bonds. The summed E-state index contributed by atoms with van der Waals surface area (Å²) in [6.07, 6.45) is 2.15. The van der Waals surface area contributed by atoms with E-state index in [1.54, 1.807) is 13.3 Å². The Labute approximate surface area is 174 Å². The van der Waals surface area contributed by atoms with Gasteiger partial charge in [0.1, 0.15) is 11.8 Å². The number of hydrogen-bond acceptors (Lipinski definition) is 6. The van der Waals surface area contributed by atoms with E-state index in [0.717, 1.165) is 28.0 Å². The van der Waals surface area contributed by atoms with Crippen molar-refractivity contribution in [1.82, 2.24) is 4.98 Å². The van der Waals surface area contributed by atoms with Crippen LogP contribution in [-0.2, 0) is 6.42 Å². The maximum absolute atomic E-state index is 10.1. The normalized spacial score (nSPS) is 11.8. The van der Waals surface area contributed by atoms with Crippen LogP contribution in [0.4, 0.5) is 0 Å². The first-order chi connectivity index (χ1) is 14.6. The van der Waals surface area contributed by atoms with Crippen LogP contribution < -0.4 is 14.2 Å². The van der Waals surface area contributed by atoms with E-state index in [0.29, 0.717) is 34.8 Å². The number of benzene rings is 2. The van der Waals surface area contributed by atoms with E-state index in [4.69, 9.17) is 14.2 Å². The SMILES string of the molecule is C=C(CO)Cc1cnc(-c2ccc3c(c2)OCO3)c(C#N)c1-c1ccc(OC)cc1. The number of nitriles is 1. The minimum Gasteiger partial charge on any atom is -0.497 e. The Morgan fingerprint density at radius 3 is 2.60 bits per heavy atom. The van der Waals surface area contributed by atoms with Crippen molar-refractivity contribution < 1.29 is 19.3 Å². The molecule has 1 aromatic heterocycles. The van der Waals surface area contributed by atoms with Gasteiger partial charge >= 0.3 is 0 Å². The third-order valence-corrected chi connectivity index (χ3v) is 4.96. The molecule has 150 valence electrons. The van der Waals surface area contributed by atoms with Crippen LogP contribution in [0.5, 0.6) is 17.2 Å². The molecular weight excluding hydrogens is 380 g/mol. The Balaban J connectivity index is 1.90. The summed E-state index contributed by atoms with van der Waals surface area (Å²) >= 11 is 0. The molecule has 6 nitrogen and oxygen atoms in total. The molecule has 4 rings (SSSR count). The number of ether oxygens (including phenoxy) is 3. The molecule has 0 aliphatic carbocycles. The van der Waals surface area contributed by atoms with Crippen molar-refractivity contribution in [2.75, 3.05) is 20.5 Å². The molecule has 1 aliphatic rings. The summed E-state index contributed by atoms with van der Waals surface area (Å²) in [5, 5.41) is 19.5. The highest BCUT2D eigenvalue weighted by Gasteiger charge is 2.21. The van der Waals surface area contributed by atoms with Gasteiger partial charge in [0, 0.05) is 17.3 Å². The molecular formula is C24H20N2O4. The molecule has 30 heavy (non-hydrogen) atoms. The molecule has 2 heterocycles. The molecule has 0 radical (unpaired) electrons. The van der Waals surface area contributed by atoms with Crippen LogP contribution in [0.3, 0.4) is 0 Å². The smallest absolute Gasteiger partial charge is 0.231 e. The first-order valence-electron chi connectivity index (χ1n) is 9.38. The fourth-order valence-electron chi connectivity index (χ4n) is 3.47. The fraction of sp³-hybridized carbons (Fsp3) is 0.167. The van der Waals surface area contributed by atoms with E-state index in [2.05, 4.69) is 17.6 Å². The zero-order valence-electron chi connectivity index (χ0n) is 16.5. The van der Waals surface area contributed by atoms with Gasteiger partial charge in [-0.05, 0) is 53.5 Å². The maximum atomic E-state index is 10.1. The lowest BCUT2D eigenvalue weighted by molar-refractivity contribution is 0.174. The number of nitrogens with zero attached hydrogens (tertiary/aromatic N) is 2. The number of aliphatic hydroxyl groups is 1. The number of methoxy groups -OCH3 is 1. The van der Waals surface area contributed by atoms with Crippen LogP contribution in [0, 0.1) is 11.3 Å². The summed E-state index contributed by atoms with van der Waals surface area (Å²) in [6, 6.07) is 15.3. The second kappa shape index (κ2) is 8.27. The minimum absolute atomic E-state index is 0.131. The predicted molar refractivity (Wildman–Crippen MR) is 112 cm³/mol. The van der Waals surface area contributed by atoms with Crippen molar-refractivity contribution in [3.05, 3.63) is 71.9 Å². The van der Waals surface area contributed by atoms with Gasteiger partial charge in [0.2, 0.25) is 6.79 Å². The third kappa shape index (κ3) is 3.59. The lowest BCUT2D eigenvalue weighted by Gasteiger charge is -2.16. The fourth-order valence-corrected chi connectivity index (χ4v) is 3.47.